The first-order valence-electron chi connectivity index (χ1n) is 11.9. The molecule has 4 heterocycles. The topological polar surface area (TPSA) is 93.4 Å². The number of amides is 2. The van der Waals surface area contributed by atoms with Gasteiger partial charge in [-0.15, -0.1) is 11.3 Å². The lowest BCUT2D eigenvalue weighted by atomic mass is 9.90. The SMILES string of the molecule is O=C(N[C@H]1CCCC[C@H]1NC(=O)c1nc2c(s1)CN1CCCN1C2)c1cc2cc(Cl)ccc2[nH]1. The summed E-state index contributed by atoms with van der Waals surface area (Å²) in [6.45, 7) is 3.77. The van der Waals surface area contributed by atoms with E-state index in [0.717, 1.165) is 68.5 Å². The number of rotatable bonds is 4. The van der Waals surface area contributed by atoms with Gasteiger partial charge in [-0.3, -0.25) is 9.59 Å². The predicted molar refractivity (Wildman–Crippen MR) is 132 cm³/mol. The zero-order valence-electron chi connectivity index (χ0n) is 18.8. The average Bonchev–Trinajstić information content (AvgIpc) is 3.55. The minimum atomic E-state index is -0.169. The highest BCUT2D eigenvalue weighted by Crippen LogP contribution is 2.30. The smallest absolute Gasteiger partial charge is 0.280 e. The van der Waals surface area contributed by atoms with Gasteiger partial charge in [0, 0.05) is 52.5 Å². The lowest BCUT2D eigenvalue weighted by Crippen LogP contribution is -2.53. The van der Waals surface area contributed by atoms with E-state index in [2.05, 4.69) is 30.6 Å². The molecule has 34 heavy (non-hydrogen) atoms. The van der Waals surface area contributed by atoms with Gasteiger partial charge >= 0.3 is 0 Å². The maximum absolute atomic E-state index is 13.1. The highest BCUT2D eigenvalue weighted by molar-refractivity contribution is 7.13. The Bertz CT molecular complexity index is 1230. The molecule has 3 aliphatic rings. The quantitative estimate of drug-likeness (QED) is 0.510. The molecule has 1 aliphatic carbocycles. The third-order valence-corrected chi connectivity index (χ3v) is 8.41. The summed E-state index contributed by atoms with van der Waals surface area (Å²) in [6, 6.07) is 7.08. The number of carbonyl (C=O) groups is 2. The van der Waals surface area contributed by atoms with E-state index < -0.39 is 0 Å². The van der Waals surface area contributed by atoms with E-state index in [0.29, 0.717) is 15.7 Å². The normalized spacial score (nSPS) is 23.0. The second-order valence-corrected chi connectivity index (χ2v) is 10.9. The molecule has 2 fully saturated rings. The van der Waals surface area contributed by atoms with Crippen LogP contribution in [0.25, 0.3) is 10.9 Å². The van der Waals surface area contributed by atoms with E-state index in [1.807, 2.05) is 18.2 Å². The van der Waals surface area contributed by atoms with Gasteiger partial charge in [-0.05, 0) is 43.5 Å². The van der Waals surface area contributed by atoms with Crippen LogP contribution in [0.5, 0.6) is 0 Å². The van der Waals surface area contributed by atoms with Crippen LogP contribution in [0.4, 0.5) is 0 Å². The maximum atomic E-state index is 13.1. The van der Waals surface area contributed by atoms with Crippen molar-refractivity contribution in [1.29, 1.82) is 0 Å². The zero-order valence-corrected chi connectivity index (χ0v) is 20.3. The number of benzene rings is 1. The van der Waals surface area contributed by atoms with Crippen LogP contribution in [0.2, 0.25) is 5.02 Å². The summed E-state index contributed by atoms with van der Waals surface area (Å²) in [5, 5.41) is 13.1. The molecule has 0 radical (unpaired) electrons. The van der Waals surface area contributed by atoms with Crippen molar-refractivity contribution in [3.05, 3.63) is 50.6 Å². The van der Waals surface area contributed by atoms with Crippen molar-refractivity contribution < 1.29 is 9.59 Å². The van der Waals surface area contributed by atoms with Crippen molar-refractivity contribution in [2.45, 2.75) is 57.3 Å². The van der Waals surface area contributed by atoms with Gasteiger partial charge in [0.25, 0.3) is 11.8 Å². The number of aromatic nitrogens is 2. The number of thiazole rings is 1. The molecule has 3 N–H and O–H groups in total. The monoisotopic (exact) mass is 498 g/mol. The molecule has 6 rings (SSSR count). The van der Waals surface area contributed by atoms with Crippen molar-refractivity contribution in [3.63, 3.8) is 0 Å². The van der Waals surface area contributed by atoms with Crippen molar-refractivity contribution in [3.8, 4) is 0 Å². The van der Waals surface area contributed by atoms with Crippen molar-refractivity contribution >= 4 is 45.7 Å². The predicted octanol–water partition coefficient (Wildman–Crippen LogP) is 3.69. The molecule has 0 spiro atoms. The Hall–Kier alpha value is -2.46. The summed E-state index contributed by atoms with van der Waals surface area (Å²) < 4.78 is 0. The molecule has 178 valence electrons. The number of carbonyl (C=O) groups excluding carboxylic acids is 2. The largest absolute Gasteiger partial charge is 0.351 e. The molecule has 2 amide bonds. The van der Waals surface area contributed by atoms with E-state index in [9.17, 15) is 9.59 Å². The molecule has 3 aromatic rings. The van der Waals surface area contributed by atoms with Gasteiger partial charge < -0.3 is 15.6 Å². The molecule has 1 aromatic carbocycles. The van der Waals surface area contributed by atoms with Crippen LogP contribution in [0, 0.1) is 0 Å². The van der Waals surface area contributed by atoms with E-state index >= 15 is 0 Å². The highest BCUT2D eigenvalue weighted by atomic mass is 35.5. The molecule has 10 heteroatoms. The van der Waals surface area contributed by atoms with Gasteiger partial charge in [-0.1, -0.05) is 24.4 Å². The van der Waals surface area contributed by atoms with Crippen molar-refractivity contribution in [2.75, 3.05) is 13.1 Å². The summed E-state index contributed by atoms with van der Waals surface area (Å²) in [6.07, 6.45) is 4.91. The number of H-pyrrole nitrogens is 1. The van der Waals surface area contributed by atoms with E-state index in [1.54, 1.807) is 6.07 Å². The van der Waals surface area contributed by atoms with E-state index in [-0.39, 0.29) is 23.9 Å². The Morgan fingerprint density at radius 2 is 1.74 bits per heavy atom. The molecule has 2 aliphatic heterocycles. The third-order valence-electron chi connectivity index (χ3n) is 7.09. The molecule has 8 nitrogen and oxygen atoms in total. The summed E-state index contributed by atoms with van der Waals surface area (Å²) in [5.41, 5.74) is 2.39. The number of nitrogens with one attached hydrogen (secondary N) is 3. The van der Waals surface area contributed by atoms with Crippen LogP contribution in [0.3, 0.4) is 0 Å². The molecule has 2 aromatic heterocycles. The van der Waals surface area contributed by atoms with Crippen LogP contribution < -0.4 is 10.6 Å². The minimum absolute atomic E-state index is 0.114. The summed E-state index contributed by atoms with van der Waals surface area (Å²) in [7, 11) is 0. The Balaban J connectivity index is 1.13. The Labute approximate surface area is 206 Å². The van der Waals surface area contributed by atoms with Gasteiger partial charge in [0.15, 0.2) is 5.01 Å². The zero-order chi connectivity index (χ0) is 23.2. The number of aromatic amines is 1. The molecule has 2 atom stereocenters. The van der Waals surface area contributed by atoms with Crippen LogP contribution in [-0.2, 0) is 13.1 Å². The highest BCUT2D eigenvalue weighted by Gasteiger charge is 2.33. The number of hydrogen-bond donors (Lipinski definition) is 3. The van der Waals surface area contributed by atoms with Crippen molar-refractivity contribution in [2.24, 2.45) is 0 Å². The first-order valence-corrected chi connectivity index (χ1v) is 13.1. The number of hydrazine groups is 1. The number of halogens is 1. The lowest BCUT2D eigenvalue weighted by Gasteiger charge is -2.32. The van der Waals surface area contributed by atoms with Gasteiger partial charge in [0.2, 0.25) is 0 Å². The Morgan fingerprint density at radius 1 is 1.00 bits per heavy atom. The fourth-order valence-corrected chi connectivity index (χ4v) is 6.48. The van der Waals surface area contributed by atoms with Crippen LogP contribution >= 0.6 is 22.9 Å². The Morgan fingerprint density at radius 3 is 2.53 bits per heavy atom. The van der Waals surface area contributed by atoms with Crippen LogP contribution in [-0.4, -0.2) is 57.0 Å². The van der Waals surface area contributed by atoms with Crippen LogP contribution in [0.1, 0.15) is 63.0 Å². The number of fused-ring (bicyclic) bond motifs is 3. The number of hydrogen-bond acceptors (Lipinski definition) is 6. The molecular weight excluding hydrogens is 472 g/mol. The fraction of sp³-hybridized carbons (Fsp3) is 0.458. The standard InChI is InChI=1S/C24H27ClN6O2S/c25-15-6-7-16-14(10-15)11-19(26-16)22(32)27-17-4-1-2-5-18(17)28-23(33)24-29-20-12-30-8-3-9-31(30)13-21(20)34-24/h6-7,10-11,17-18,26H,1-5,8-9,12-13H2,(H,27,32)(H,28,33)/t17-,18+/m0/s1. The first-order chi connectivity index (χ1) is 16.5. The Kier molecular flexibility index (Phi) is 5.81. The van der Waals surface area contributed by atoms with E-state index in [4.69, 9.17) is 11.6 Å². The average molecular weight is 499 g/mol. The second kappa shape index (κ2) is 8.96. The molecule has 1 saturated carbocycles. The lowest BCUT2D eigenvalue weighted by molar-refractivity contribution is -0.00171. The summed E-state index contributed by atoms with van der Waals surface area (Å²) in [5.74, 6) is -0.307. The first kappa shape index (κ1) is 22.0. The summed E-state index contributed by atoms with van der Waals surface area (Å²) in [4.78, 5) is 35.1. The van der Waals surface area contributed by atoms with Crippen LogP contribution in [0.15, 0.2) is 24.3 Å². The maximum Gasteiger partial charge on any atom is 0.280 e. The van der Waals surface area contributed by atoms with Gasteiger partial charge in [0.05, 0.1) is 12.2 Å². The number of nitrogens with zero attached hydrogens (tertiary/aromatic N) is 3. The van der Waals surface area contributed by atoms with Gasteiger partial charge in [0.1, 0.15) is 5.69 Å². The molecule has 1 saturated heterocycles. The van der Waals surface area contributed by atoms with Gasteiger partial charge in [-0.2, -0.15) is 0 Å². The molecular formula is C24H27ClN6O2S. The van der Waals surface area contributed by atoms with E-state index in [1.165, 1.54) is 22.6 Å². The summed E-state index contributed by atoms with van der Waals surface area (Å²) >= 11 is 7.58. The van der Waals surface area contributed by atoms with Crippen molar-refractivity contribution in [1.82, 2.24) is 30.6 Å². The second-order valence-electron chi connectivity index (χ2n) is 9.38. The fourth-order valence-electron chi connectivity index (χ4n) is 5.32. The van der Waals surface area contributed by atoms with Gasteiger partial charge in [-0.25, -0.2) is 15.0 Å². The molecule has 0 unspecified atom stereocenters. The minimum Gasteiger partial charge on any atom is -0.351 e. The molecule has 0 bridgehead atoms. The third kappa shape index (κ3) is 4.22.